The number of aromatic nitrogens is 1. The summed E-state index contributed by atoms with van der Waals surface area (Å²) in [6, 6.07) is 9.37. The first-order valence-electron chi connectivity index (χ1n) is 10.3. The molecule has 7 heteroatoms. The topological polar surface area (TPSA) is 50.2 Å². The molecule has 1 aliphatic heterocycles. The van der Waals surface area contributed by atoms with E-state index in [2.05, 4.69) is 35.0 Å². The predicted octanol–water partition coefficient (Wildman–Crippen LogP) is 4.98. The molecule has 0 bridgehead atoms. The molecule has 6 nitrogen and oxygen atoms in total. The Morgan fingerprint density at radius 1 is 1.30 bits per heavy atom. The van der Waals surface area contributed by atoms with E-state index in [-0.39, 0.29) is 0 Å². The van der Waals surface area contributed by atoms with Crippen LogP contribution in [0.1, 0.15) is 18.1 Å². The zero-order valence-electron chi connectivity index (χ0n) is 19.4. The lowest BCUT2D eigenvalue weighted by atomic mass is 10.1. The number of amidine groups is 1. The van der Waals surface area contributed by atoms with Gasteiger partial charge in [0.15, 0.2) is 0 Å². The number of nitrogens with zero attached hydrogens (tertiary/aromatic N) is 4. The molecule has 2 heterocycles. The Labute approximate surface area is 200 Å². The molecule has 1 aromatic carbocycles. The van der Waals surface area contributed by atoms with Crippen molar-refractivity contribution in [2.45, 2.75) is 6.92 Å². The molecule has 1 aliphatic rings. The molecule has 0 atom stereocenters. The summed E-state index contributed by atoms with van der Waals surface area (Å²) < 4.78 is 10.5. The molecule has 3 rings (SSSR count). The van der Waals surface area contributed by atoms with Crippen molar-refractivity contribution in [2.24, 2.45) is 4.99 Å². The van der Waals surface area contributed by atoms with Crippen LogP contribution < -0.4 is 9.64 Å². The highest BCUT2D eigenvalue weighted by atomic mass is 35.5. The van der Waals surface area contributed by atoms with Crippen LogP contribution in [0.5, 0.6) is 5.88 Å². The van der Waals surface area contributed by atoms with Gasteiger partial charge in [-0.15, -0.1) is 0 Å². The van der Waals surface area contributed by atoms with Crippen LogP contribution >= 0.6 is 11.6 Å². The van der Waals surface area contributed by atoms with Crippen LogP contribution in [0.25, 0.3) is 5.70 Å². The number of ether oxygens (including phenoxy) is 2. The fourth-order valence-corrected chi connectivity index (χ4v) is 3.69. The Morgan fingerprint density at radius 3 is 2.70 bits per heavy atom. The van der Waals surface area contributed by atoms with E-state index in [0.29, 0.717) is 24.1 Å². The molecule has 0 N–H and O–H groups in total. The summed E-state index contributed by atoms with van der Waals surface area (Å²) in [7, 11) is 4.96. The molecule has 0 radical (unpaired) electrons. The van der Waals surface area contributed by atoms with Gasteiger partial charge in [-0.05, 0) is 31.2 Å². The molecule has 0 spiro atoms. The predicted molar refractivity (Wildman–Crippen MR) is 135 cm³/mol. The number of hydrogen-bond acceptors (Lipinski definition) is 5. The summed E-state index contributed by atoms with van der Waals surface area (Å²) in [6.45, 7) is 11.2. The number of pyridine rings is 1. The minimum absolute atomic E-state index is 0.342. The maximum Gasteiger partial charge on any atom is 0.212 e. The van der Waals surface area contributed by atoms with E-state index in [1.807, 2.05) is 41.0 Å². The normalized spacial score (nSPS) is 15.3. The van der Waals surface area contributed by atoms with Crippen molar-refractivity contribution >= 4 is 28.8 Å². The third-order valence-corrected chi connectivity index (χ3v) is 5.49. The van der Waals surface area contributed by atoms with E-state index in [1.165, 1.54) is 0 Å². The van der Waals surface area contributed by atoms with Crippen molar-refractivity contribution in [1.82, 2.24) is 9.88 Å². The van der Waals surface area contributed by atoms with E-state index in [0.717, 1.165) is 39.6 Å². The number of methoxy groups -OCH3 is 2. The van der Waals surface area contributed by atoms with Gasteiger partial charge in [0.1, 0.15) is 12.4 Å². The number of hydrogen-bond donors (Lipinski definition) is 0. The van der Waals surface area contributed by atoms with Gasteiger partial charge in [0.2, 0.25) is 5.88 Å². The van der Waals surface area contributed by atoms with Gasteiger partial charge in [-0.2, -0.15) is 0 Å². The zero-order chi connectivity index (χ0) is 24.0. The zero-order valence-corrected chi connectivity index (χ0v) is 20.1. The van der Waals surface area contributed by atoms with Gasteiger partial charge >= 0.3 is 0 Å². The van der Waals surface area contributed by atoms with E-state index >= 15 is 0 Å². The minimum Gasteiger partial charge on any atom is -0.481 e. The van der Waals surface area contributed by atoms with Crippen LogP contribution in [0, 0.1) is 11.8 Å². The van der Waals surface area contributed by atoms with Gasteiger partial charge in [0.05, 0.1) is 25.0 Å². The summed E-state index contributed by atoms with van der Waals surface area (Å²) in [5, 5.41) is 0.622. The Balaban J connectivity index is 2.15. The fraction of sp³-hybridized carbons (Fsp3) is 0.231. The molecule has 0 unspecified atom stereocenters. The van der Waals surface area contributed by atoms with Crippen molar-refractivity contribution in [1.29, 1.82) is 0 Å². The van der Waals surface area contributed by atoms with Crippen LogP contribution in [0.4, 0.5) is 5.69 Å². The van der Waals surface area contributed by atoms with Crippen LogP contribution in [0.3, 0.4) is 0 Å². The second-order valence-corrected chi connectivity index (χ2v) is 7.67. The van der Waals surface area contributed by atoms with E-state index < -0.39 is 0 Å². The summed E-state index contributed by atoms with van der Waals surface area (Å²) >= 11 is 6.34. The first-order valence-corrected chi connectivity index (χ1v) is 10.7. The molecule has 0 aliphatic carbocycles. The van der Waals surface area contributed by atoms with Gasteiger partial charge in [0, 0.05) is 60.0 Å². The van der Waals surface area contributed by atoms with Crippen LogP contribution in [0.15, 0.2) is 72.1 Å². The van der Waals surface area contributed by atoms with Gasteiger partial charge in [-0.3, -0.25) is 4.99 Å². The number of rotatable bonds is 4. The second-order valence-electron chi connectivity index (χ2n) is 7.23. The molecule has 0 amide bonds. The highest BCUT2D eigenvalue weighted by Crippen LogP contribution is 2.38. The first-order chi connectivity index (χ1) is 15.9. The van der Waals surface area contributed by atoms with Crippen molar-refractivity contribution < 1.29 is 9.47 Å². The van der Waals surface area contributed by atoms with Crippen LogP contribution in [0.2, 0.25) is 5.02 Å². The Hall–Kier alpha value is -3.53. The standard InChI is InChI=1S/C26H27ClN4O2/c1-7-30-23-12-11-21(27)14-22(23)19(3)31(25(28-4)17-32-5)16-24(30)18(2)8-9-20-10-13-26(33-6)29-15-20/h7,10-15H,1,3,16-17H2,2,4-6H3/b24-18+,28-25?. The minimum atomic E-state index is 0.342. The molecular formula is C26H27ClN4O2. The number of halogens is 1. The van der Waals surface area contributed by atoms with Crippen LogP contribution in [-0.4, -0.2) is 50.1 Å². The Kier molecular flexibility index (Phi) is 7.94. The van der Waals surface area contributed by atoms with E-state index in [1.54, 1.807) is 39.7 Å². The smallest absolute Gasteiger partial charge is 0.212 e. The lowest BCUT2D eigenvalue weighted by molar-refractivity contribution is 0.237. The Morgan fingerprint density at radius 2 is 2.09 bits per heavy atom. The van der Waals surface area contributed by atoms with Gasteiger partial charge in [-0.25, -0.2) is 4.98 Å². The molecule has 2 aromatic rings. The van der Waals surface area contributed by atoms with Crippen LogP contribution in [-0.2, 0) is 4.74 Å². The average molecular weight is 463 g/mol. The fourth-order valence-electron chi connectivity index (χ4n) is 3.52. The summed E-state index contributed by atoms with van der Waals surface area (Å²) in [4.78, 5) is 12.7. The highest BCUT2D eigenvalue weighted by Gasteiger charge is 2.28. The second kappa shape index (κ2) is 10.9. The van der Waals surface area contributed by atoms with Crippen molar-refractivity contribution in [3.8, 4) is 17.7 Å². The third kappa shape index (κ3) is 5.28. The first kappa shape index (κ1) is 24.1. The average Bonchev–Trinajstić information content (AvgIpc) is 2.95. The number of anilines is 1. The Bertz CT molecular complexity index is 1170. The maximum atomic E-state index is 6.34. The van der Waals surface area contributed by atoms with Crippen molar-refractivity contribution in [3.63, 3.8) is 0 Å². The van der Waals surface area contributed by atoms with Crippen molar-refractivity contribution in [2.75, 3.05) is 39.3 Å². The summed E-state index contributed by atoms with van der Waals surface area (Å²) in [5.74, 6) is 7.75. The van der Waals surface area contributed by atoms with Gasteiger partial charge < -0.3 is 19.3 Å². The quantitative estimate of drug-likeness (QED) is 0.364. The monoisotopic (exact) mass is 462 g/mol. The lowest BCUT2D eigenvalue weighted by Gasteiger charge is -2.28. The molecule has 1 aromatic heterocycles. The molecule has 0 saturated heterocycles. The largest absolute Gasteiger partial charge is 0.481 e. The van der Waals surface area contributed by atoms with Gasteiger partial charge in [-0.1, -0.05) is 36.6 Å². The van der Waals surface area contributed by atoms with E-state index in [9.17, 15) is 0 Å². The summed E-state index contributed by atoms with van der Waals surface area (Å²) in [6.07, 6.45) is 3.46. The molecule has 33 heavy (non-hydrogen) atoms. The highest BCUT2D eigenvalue weighted by molar-refractivity contribution is 6.31. The molecule has 170 valence electrons. The SMILES string of the molecule is C=CN1/C(=C(\C)C#Cc2ccc(OC)nc2)CN(C(COC)=NC)C(=C)c2cc(Cl)ccc21. The van der Waals surface area contributed by atoms with Gasteiger partial charge in [0.25, 0.3) is 0 Å². The van der Waals surface area contributed by atoms with Crippen molar-refractivity contribution in [3.05, 3.63) is 83.3 Å². The third-order valence-electron chi connectivity index (χ3n) is 5.25. The summed E-state index contributed by atoms with van der Waals surface area (Å²) in [5.41, 5.74) is 5.18. The number of benzene rings is 1. The molecule has 0 saturated carbocycles. The number of aliphatic imine (C=N–C) groups is 1. The maximum absolute atomic E-state index is 6.34. The lowest BCUT2D eigenvalue weighted by Crippen LogP contribution is -2.35. The number of fused-ring (bicyclic) bond motifs is 1. The van der Waals surface area contributed by atoms with E-state index in [4.69, 9.17) is 21.1 Å². The number of allylic oxidation sites excluding steroid dienone is 1. The molecular weight excluding hydrogens is 436 g/mol. The molecule has 0 fully saturated rings.